The fraction of sp³-hybridized carbons (Fsp3) is 0.300. The van der Waals surface area contributed by atoms with Crippen molar-refractivity contribution >= 4 is 11.9 Å². The molecule has 0 radical (unpaired) electrons. The van der Waals surface area contributed by atoms with Crippen molar-refractivity contribution < 1.29 is 4.39 Å². The Balaban J connectivity index is 0.000000671. The molecule has 2 nitrogen and oxygen atoms in total. The Hall–Kier alpha value is -1.38. The highest BCUT2D eigenvalue weighted by Crippen LogP contribution is 2.15. The van der Waals surface area contributed by atoms with Crippen LogP contribution in [-0.2, 0) is 0 Å². The summed E-state index contributed by atoms with van der Waals surface area (Å²) in [5.41, 5.74) is 6.69. The summed E-state index contributed by atoms with van der Waals surface area (Å²) < 4.78 is 12.9. The Morgan fingerprint density at radius 1 is 1.38 bits per heavy atom. The average Bonchev–Trinajstić information content (AvgIpc) is 2.07. The number of benzene rings is 1. The Morgan fingerprint density at radius 3 is 2.31 bits per heavy atom. The van der Waals surface area contributed by atoms with Gasteiger partial charge in [-0.2, -0.15) is 0 Å². The normalized spacial score (nSPS) is 8.62. The van der Waals surface area contributed by atoms with Crippen LogP contribution in [0.15, 0.2) is 12.1 Å². The largest absolute Gasteiger partial charge is 0.398 e. The Bertz CT molecular complexity index is 272. The van der Waals surface area contributed by atoms with Gasteiger partial charge in [-0.15, -0.1) is 0 Å². The smallest absolute Gasteiger partial charge is 0.134 e. The summed E-state index contributed by atoms with van der Waals surface area (Å²) in [6.45, 7) is 5.76. The first-order chi connectivity index (χ1) is 6.15. The van der Waals surface area contributed by atoms with Gasteiger partial charge >= 0.3 is 0 Å². The Kier molecular flexibility index (Phi) is 4.74. The molecule has 0 saturated heterocycles. The number of hydrogen-bond donors (Lipinski definition) is 2. The lowest BCUT2D eigenvalue weighted by Gasteiger charge is -2.01. The number of nitrogens with one attached hydrogen (secondary N) is 1. The molecular formula is C10H15FN2. The fourth-order valence-electron chi connectivity index (χ4n) is 0.933. The number of nitrogen functional groups attached to an aromatic ring is 1. The molecule has 0 fully saturated rings. The lowest BCUT2D eigenvalue weighted by Crippen LogP contribution is -1.97. The summed E-state index contributed by atoms with van der Waals surface area (Å²) >= 11 is 0. The van der Waals surface area contributed by atoms with Gasteiger partial charge in [0.1, 0.15) is 5.82 Å². The van der Waals surface area contributed by atoms with Gasteiger partial charge in [0, 0.05) is 11.9 Å². The maximum atomic E-state index is 12.9. The maximum Gasteiger partial charge on any atom is 0.134 e. The fourth-order valence-corrected chi connectivity index (χ4v) is 0.933. The predicted molar refractivity (Wildman–Crippen MR) is 54.8 cm³/mol. The third-order valence-electron chi connectivity index (χ3n) is 1.45. The second-order valence-corrected chi connectivity index (χ2v) is 2.39. The third kappa shape index (κ3) is 2.86. The lowest BCUT2D eigenvalue weighted by atomic mass is 10.1. The van der Waals surface area contributed by atoms with E-state index in [0.717, 1.165) is 11.8 Å². The van der Waals surface area contributed by atoms with Crippen molar-refractivity contribution in [2.75, 3.05) is 5.73 Å². The van der Waals surface area contributed by atoms with E-state index in [4.69, 9.17) is 11.1 Å². The topological polar surface area (TPSA) is 49.9 Å². The zero-order valence-corrected chi connectivity index (χ0v) is 8.19. The molecule has 0 aliphatic carbocycles. The molecule has 0 saturated carbocycles. The second-order valence-electron chi connectivity index (χ2n) is 2.39. The molecular weight excluding hydrogens is 167 g/mol. The van der Waals surface area contributed by atoms with Crippen LogP contribution in [0.5, 0.6) is 0 Å². The molecule has 72 valence electrons. The van der Waals surface area contributed by atoms with Gasteiger partial charge in [-0.3, -0.25) is 0 Å². The summed E-state index contributed by atoms with van der Waals surface area (Å²) in [6, 6.07) is 3.00. The highest BCUT2D eigenvalue weighted by molar-refractivity contribution is 5.85. The van der Waals surface area contributed by atoms with Gasteiger partial charge in [0.2, 0.25) is 0 Å². The highest BCUT2D eigenvalue weighted by Gasteiger charge is 2.03. The van der Waals surface area contributed by atoms with Crippen LogP contribution in [0.3, 0.4) is 0 Å². The number of aryl methyl sites for hydroxylation is 1. The summed E-state index contributed by atoms with van der Waals surface area (Å²) in [4.78, 5) is 0. The molecule has 1 aromatic rings. The van der Waals surface area contributed by atoms with Crippen LogP contribution in [0.2, 0.25) is 0 Å². The van der Waals surface area contributed by atoms with E-state index in [1.807, 2.05) is 13.8 Å². The zero-order valence-electron chi connectivity index (χ0n) is 8.19. The van der Waals surface area contributed by atoms with Crippen molar-refractivity contribution in [1.29, 1.82) is 5.41 Å². The van der Waals surface area contributed by atoms with E-state index in [1.54, 1.807) is 13.0 Å². The van der Waals surface area contributed by atoms with Gasteiger partial charge in [-0.05, 0) is 24.6 Å². The van der Waals surface area contributed by atoms with Gasteiger partial charge in [-0.1, -0.05) is 13.8 Å². The van der Waals surface area contributed by atoms with Crippen LogP contribution >= 0.6 is 0 Å². The lowest BCUT2D eigenvalue weighted by molar-refractivity contribution is 0.625. The van der Waals surface area contributed by atoms with Crippen molar-refractivity contribution in [3.63, 3.8) is 0 Å². The van der Waals surface area contributed by atoms with E-state index in [-0.39, 0.29) is 5.56 Å². The summed E-state index contributed by atoms with van der Waals surface area (Å²) in [5.74, 6) is -0.433. The first-order valence-corrected chi connectivity index (χ1v) is 4.21. The summed E-state index contributed by atoms with van der Waals surface area (Å²) in [5, 5.41) is 6.85. The number of nitrogens with two attached hydrogens (primary N) is 1. The van der Waals surface area contributed by atoms with Crippen molar-refractivity contribution in [1.82, 2.24) is 0 Å². The van der Waals surface area contributed by atoms with E-state index >= 15 is 0 Å². The van der Waals surface area contributed by atoms with E-state index < -0.39 is 5.82 Å². The van der Waals surface area contributed by atoms with Gasteiger partial charge in [0.05, 0.1) is 5.56 Å². The minimum absolute atomic E-state index is 0.163. The molecule has 0 aliphatic heterocycles. The first-order valence-electron chi connectivity index (χ1n) is 4.21. The van der Waals surface area contributed by atoms with Gasteiger partial charge in [0.25, 0.3) is 0 Å². The Morgan fingerprint density at radius 2 is 1.92 bits per heavy atom. The third-order valence-corrected chi connectivity index (χ3v) is 1.45. The molecule has 0 atom stereocenters. The van der Waals surface area contributed by atoms with Gasteiger partial charge in [-0.25, -0.2) is 4.39 Å². The van der Waals surface area contributed by atoms with Crippen molar-refractivity contribution in [3.8, 4) is 0 Å². The minimum Gasteiger partial charge on any atom is -0.398 e. The quantitative estimate of drug-likeness (QED) is 0.509. The molecule has 13 heavy (non-hydrogen) atoms. The molecule has 0 bridgehead atoms. The van der Waals surface area contributed by atoms with Crippen LogP contribution < -0.4 is 5.73 Å². The first kappa shape index (κ1) is 11.6. The zero-order chi connectivity index (χ0) is 10.4. The van der Waals surface area contributed by atoms with Crippen LogP contribution in [0, 0.1) is 18.2 Å². The maximum absolute atomic E-state index is 12.9. The summed E-state index contributed by atoms with van der Waals surface area (Å²) in [7, 11) is 0. The van der Waals surface area contributed by atoms with E-state index in [1.165, 1.54) is 6.07 Å². The second kappa shape index (κ2) is 5.30. The monoisotopic (exact) mass is 182 g/mol. The molecule has 3 N–H and O–H groups in total. The molecule has 1 rings (SSSR count). The molecule has 3 heteroatoms. The number of anilines is 1. The van der Waals surface area contributed by atoms with E-state index in [2.05, 4.69) is 0 Å². The number of hydrogen-bond acceptors (Lipinski definition) is 2. The molecule has 0 aromatic heterocycles. The van der Waals surface area contributed by atoms with Crippen molar-refractivity contribution in [3.05, 3.63) is 29.1 Å². The SMILES string of the molecule is CC.Cc1cc(N)c(C=N)c(F)c1. The average molecular weight is 182 g/mol. The van der Waals surface area contributed by atoms with Gasteiger partial charge in [0.15, 0.2) is 0 Å². The molecule has 0 heterocycles. The number of halogens is 1. The van der Waals surface area contributed by atoms with Crippen LogP contribution in [0.4, 0.5) is 10.1 Å². The number of rotatable bonds is 1. The highest BCUT2D eigenvalue weighted by atomic mass is 19.1. The molecule has 0 unspecified atom stereocenters. The molecule has 0 spiro atoms. The van der Waals surface area contributed by atoms with E-state index in [9.17, 15) is 4.39 Å². The molecule has 0 amide bonds. The summed E-state index contributed by atoms with van der Waals surface area (Å²) in [6.07, 6.45) is 0.921. The van der Waals surface area contributed by atoms with Gasteiger partial charge < -0.3 is 11.1 Å². The van der Waals surface area contributed by atoms with E-state index in [0.29, 0.717) is 5.69 Å². The van der Waals surface area contributed by atoms with Crippen molar-refractivity contribution in [2.24, 2.45) is 0 Å². The van der Waals surface area contributed by atoms with Crippen molar-refractivity contribution in [2.45, 2.75) is 20.8 Å². The molecule has 1 aromatic carbocycles. The van der Waals surface area contributed by atoms with Crippen LogP contribution in [0.25, 0.3) is 0 Å². The molecule has 0 aliphatic rings. The van der Waals surface area contributed by atoms with Crippen LogP contribution in [-0.4, -0.2) is 6.21 Å². The predicted octanol–water partition coefficient (Wildman–Crippen LogP) is 2.74. The Labute approximate surface area is 78.1 Å². The minimum atomic E-state index is -0.433. The standard InChI is InChI=1S/C8H9FN2.C2H6/c1-5-2-7(9)6(4-10)8(11)3-5;1-2/h2-4,10H,11H2,1H3;1-2H3. The van der Waals surface area contributed by atoms with Crippen LogP contribution in [0.1, 0.15) is 25.0 Å².